The van der Waals surface area contributed by atoms with Gasteiger partial charge >= 0.3 is 0 Å². The van der Waals surface area contributed by atoms with Crippen molar-refractivity contribution in [3.8, 4) is 0 Å². The van der Waals surface area contributed by atoms with E-state index in [2.05, 4.69) is 38.6 Å². The number of hydrogen-bond donors (Lipinski definition) is 0. The van der Waals surface area contributed by atoms with Crippen molar-refractivity contribution in [2.24, 2.45) is 7.05 Å². The molecule has 0 atom stereocenters. The topological polar surface area (TPSA) is 4.93 Å². The quantitative estimate of drug-likeness (QED) is 0.649. The number of nitrogens with zero attached hydrogens (tertiary/aromatic N) is 1. The monoisotopic (exact) mass is 165 g/mol. The van der Waals surface area contributed by atoms with Crippen molar-refractivity contribution in [1.82, 2.24) is 4.57 Å². The van der Waals surface area contributed by atoms with Crippen LogP contribution in [0.4, 0.5) is 0 Å². The maximum Gasteiger partial charge on any atom is 0.0175 e. The molecule has 12 heavy (non-hydrogen) atoms. The second-order valence-corrected chi connectivity index (χ2v) is 3.43. The second-order valence-electron chi connectivity index (χ2n) is 3.43. The summed E-state index contributed by atoms with van der Waals surface area (Å²) in [7, 11) is 2.13. The summed E-state index contributed by atoms with van der Waals surface area (Å²) >= 11 is 0. The van der Waals surface area contributed by atoms with Gasteiger partial charge in [0.15, 0.2) is 0 Å². The molecule has 0 aromatic carbocycles. The van der Waals surface area contributed by atoms with Gasteiger partial charge in [0, 0.05) is 18.9 Å². The molecule has 1 heterocycles. The van der Waals surface area contributed by atoms with Gasteiger partial charge < -0.3 is 4.57 Å². The number of rotatable bonds is 3. The van der Waals surface area contributed by atoms with Crippen LogP contribution in [0, 0.1) is 6.92 Å². The van der Waals surface area contributed by atoms with E-state index in [-0.39, 0.29) is 0 Å². The summed E-state index contributed by atoms with van der Waals surface area (Å²) in [5.74, 6) is 0. The van der Waals surface area contributed by atoms with E-state index >= 15 is 0 Å². The normalized spacial score (nSPS) is 10.7. The maximum atomic E-state index is 2.28. The van der Waals surface area contributed by atoms with Gasteiger partial charge in [0.1, 0.15) is 0 Å². The minimum Gasteiger partial charge on any atom is -0.354 e. The molecular weight excluding hydrogens is 146 g/mol. The van der Waals surface area contributed by atoms with Gasteiger partial charge in [-0.1, -0.05) is 20.3 Å². The largest absolute Gasteiger partial charge is 0.354 e. The van der Waals surface area contributed by atoms with Gasteiger partial charge in [0.05, 0.1) is 0 Å². The fourth-order valence-electron chi connectivity index (χ4n) is 1.82. The highest BCUT2D eigenvalue weighted by Gasteiger charge is 2.07. The number of aromatic nitrogens is 1. The van der Waals surface area contributed by atoms with E-state index in [1.54, 1.807) is 11.1 Å². The molecule has 0 aliphatic heterocycles. The molecule has 0 saturated carbocycles. The van der Waals surface area contributed by atoms with Crippen LogP contribution in [-0.4, -0.2) is 4.57 Å². The molecule has 0 N–H and O–H groups in total. The third-order valence-corrected chi connectivity index (χ3v) is 2.58. The Hall–Kier alpha value is -0.720. The Morgan fingerprint density at radius 1 is 1.33 bits per heavy atom. The van der Waals surface area contributed by atoms with Gasteiger partial charge in [0.25, 0.3) is 0 Å². The van der Waals surface area contributed by atoms with Gasteiger partial charge in [-0.3, -0.25) is 0 Å². The van der Waals surface area contributed by atoms with Crippen LogP contribution in [0.5, 0.6) is 0 Å². The van der Waals surface area contributed by atoms with Gasteiger partial charge in [0.2, 0.25) is 0 Å². The van der Waals surface area contributed by atoms with E-state index in [0.717, 1.165) is 0 Å². The van der Waals surface area contributed by atoms with E-state index in [0.29, 0.717) is 0 Å². The smallest absolute Gasteiger partial charge is 0.0175 e. The summed E-state index contributed by atoms with van der Waals surface area (Å²) in [6.45, 7) is 6.68. The van der Waals surface area contributed by atoms with Crippen LogP contribution in [0.1, 0.15) is 37.1 Å². The van der Waals surface area contributed by atoms with Crippen molar-refractivity contribution < 1.29 is 0 Å². The highest BCUT2D eigenvalue weighted by Crippen LogP contribution is 2.17. The highest BCUT2D eigenvalue weighted by atomic mass is 14.9. The maximum absolute atomic E-state index is 2.28. The minimum absolute atomic E-state index is 1.17. The lowest BCUT2D eigenvalue weighted by atomic mass is 10.1. The summed E-state index contributed by atoms with van der Waals surface area (Å²) in [5.41, 5.74) is 4.53. The van der Waals surface area contributed by atoms with E-state index < -0.39 is 0 Å². The summed E-state index contributed by atoms with van der Waals surface area (Å²) in [6, 6.07) is 0. The first-order valence-corrected chi connectivity index (χ1v) is 4.84. The van der Waals surface area contributed by atoms with Crippen molar-refractivity contribution in [1.29, 1.82) is 0 Å². The lowest BCUT2D eigenvalue weighted by Gasteiger charge is -2.00. The lowest BCUT2D eigenvalue weighted by Crippen LogP contribution is -1.91. The fraction of sp³-hybridized carbons (Fsp3) is 0.636. The Balaban J connectivity index is 3.02. The average molecular weight is 165 g/mol. The number of aryl methyl sites for hydroxylation is 2. The second kappa shape index (κ2) is 3.79. The van der Waals surface area contributed by atoms with E-state index in [4.69, 9.17) is 0 Å². The van der Waals surface area contributed by atoms with Gasteiger partial charge in [-0.15, -0.1) is 0 Å². The molecule has 0 radical (unpaired) electrons. The summed E-state index contributed by atoms with van der Waals surface area (Å²) < 4.78 is 2.24. The average Bonchev–Trinajstić information content (AvgIpc) is 2.29. The van der Waals surface area contributed by atoms with Gasteiger partial charge in [-0.25, -0.2) is 0 Å². The molecule has 1 aromatic rings. The highest BCUT2D eigenvalue weighted by molar-refractivity contribution is 5.31. The van der Waals surface area contributed by atoms with Crippen LogP contribution in [0.25, 0.3) is 0 Å². The third-order valence-electron chi connectivity index (χ3n) is 2.58. The van der Waals surface area contributed by atoms with Gasteiger partial charge in [-0.05, 0) is 30.9 Å². The van der Waals surface area contributed by atoms with Crippen LogP contribution in [-0.2, 0) is 19.9 Å². The van der Waals surface area contributed by atoms with Crippen LogP contribution in [0.15, 0.2) is 6.20 Å². The van der Waals surface area contributed by atoms with E-state index in [1.807, 2.05) is 0 Å². The first-order valence-electron chi connectivity index (χ1n) is 4.84. The molecule has 0 fully saturated rings. The zero-order valence-electron chi connectivity index (χ0n) is 8.65. The van der Waals surface area contributed by atoms with Crippen LogP contribution >= 0.6 is 0 Å². The molecule has 0 saturated heterocycles. The Bertz CT molecular complexity index is 258. The Kier molecular flexibility index (Phi) is 2.96. The molecule has 1 heteroatoms. The zero-order valence-corrected chi connectivity index (χ0v) is 8.65. The summed E-state index contributed by atoms with van der Waals surface area (Å²) in [5, 5.41) is 0. The minimum atomic E-state index is 1.17. The molecule has 1 aromatic heterocycles. The van der Waals surface area contributed by atoms with Crippen LogP contribution in [0.3, 0.4) is 0 Å². The molecule has 1 nitrogen and oxygen atoms in total. The first kappa shape index (κ1) is 9.37. The summed E-state index contributed by atoms with van der Waals surface area (Å²) in [6.07, 6.45) is 5.92. The van der Waals surface area contributed by atoms with E-state index in [1.165, 1.54) is 25.0 Å². The molecule has 0 spiro atoms. The molecule has 68 valence electrons. The lowest BCUT2D eigenvalue weighted by molar-refractivity contribution is 0.865. The molecule has 0 aliphatic rings. The van der Waals surface area contributed by atoms with Crippen molar-refractivity contribution >= 4 is 0 Å². The Labute approximate surface area is 75.4 Å². The predicted octanol–water partition coefficient (Wildman–Crippen LogP) is 2.85. The van der Waals surface area contributed by atoms with E-state index in [9.17, 15) is 0 Å². The van der Waals surface area contributed by atoms with Crippen molar-refractivity contribution in [3.05, 3.63) is 23.0 Å². The van der Waals surface area contributed by atoms with Crippen molar-refractivity contribution in [2.45, 2.75) is 40.0 Å². The third kappa shape index (κ3) is 1.55. The van der Waals surface area contributed by atoms with Crippen LogP contribution in [0.2, 0.25) is 0 Å². The molecular formula is C11H19N. The fourth-order valence-corrected chi connectivity index (χ4v) is 1.82. The Morgan fingerprint density at radius 2 is 2.00 bits per heavy atom. The van der Waals surface area contributed by atoms with Crippen molar-refractivity contribution in [3.63, 3.8) is 0 Å². The van der Waals surface area contributed by atoms with Crippen LogP contribution < -0.4 is 0 Å². The zero-order chi connectivity index (χ0) is 9.14. The SMILES string of the molecule is CCCc1cn(C)c(C)c1CC. The molecule has 0 unspecified atom stereocenters. The predicted molar refractivity (Wildman–Crippen MR) is 53.5 cm³/mol. The first-order chi connectivity index (χ1) is 5.70. The van der Waals surface area contributed by atoms with Gasteiger partial charge in [-0.2, -0.15) is 0 Å². The Morgan fingerprint density at radius 3 is 2.50 bits per heavy atom. The standard InChI is InChI=1S/C11H19N/c1-5-7-10-8-12(4)9(3)11(10)6-2/h8H,5-7H2,1-4H3. The molecule has 0 amide bonds. The summed E-state index contributed by atoms with van der Waals surface area (Å²) in [4.78, 5) is 0. The number of hydrogen-bond acceptors (Lipinski definition) is 0. The van der Waals surface area contributed by atoms with Crippen molar-refractivity contribution in [2.75, 3.05) is 0 Å². The molecule has 1 rings (SSSR count). The molecule has 0 aliphatic carbocycles. The molecule has 0 bridgehead atoms.